The minimum absolute atomic E-state index is 0.0318. The van der Waals surface area contributed by atoms with Gasteiger partial charge in [-0.05, 0) is 11.5 Å². The van der Waals surface area contributed by atoms with E-state index in [9.17, 15) is 48.6 Å². The number of aromatic nitrogens is 5. The summed E-state index contributed by atoms with van der Waals surface area (Å²) in [6.07, 6.45) is -0.605. The molecule has 4 amide bonds. The number of aryl methyl sites for hydroxylation is 1. The van der Waals surface area contributed by atoms with Crippen molar-refractivity contribution in [2.24, 2.45) is 18.1 Å². The molecule has 2 aromatic rings. The van der Waals surface area contributed by atoms with E-state index in [1.165, 1.54) is 23.5 Å². The lowest BCUT2D eigenvalue weighted by Gasteiger charge is -2.49. The molecule has 268 valence electrons. The van der Waals surface area contributed by atoms with Gasteiger partial charge in [0.1, 0.15) is 30.3 Å². The largest absolute Gasteiger partial charge is 0.480 e. The first-order valence-electron chi connectivity index (χ1n) is 14.4. The van der Waals surface area contributed by atoms with Crippen LogP contribution in [0.4, 0.5) is 5.13 Å². The van der Waals surface area contributed by atoms with Crippen LogP contribution in [0.5, 0.6) is 0 Å². The molecule has 2 aliphatic rings. The van der Waals surface area contributed by atoms with Gasteiger partial charge in [-0.1, -0.05) is 30.8 Å². The third-order valence-corrected chi connectivity index (χ3v) is 10.1. The van der Waals surface area contributed by atoms with E-state index in [-0.39, 0.29) is 52.1 Å². The van der Waals surface area contributed by atoms with Crippen LogP contribution in [0.3, 0.4) is 0 Å². The Kier molecular flexibility index (Phi) is 12.1. The molecular formula is C26H30N10O11S3. The quantitative estimate of drug-likeness (QED) is 0.0382. The van der Waals surface area contributed by atoms with Crippen molar-refractivity contribution in [1.82, 2.24) is 39.7 Å². The number of rotatable bonds is 15. The molecule has 0 aliphatic carbocycles. The Morgan fingerprint density at radius 2 is 1.82 bits per heavy atom. The predicted molar refractivity (Wildman–Crippen MR) is 176 cm³/mol. The summed E-state index contributed by atoms with van der Waals surface area (Å²) in [5.74, 6) is -5.95. The van der Waals surface area contributed by atoms with Crippen molar-refractivity contribution in [3.63, 3.8) is 0 Å². The fourth-order valence-corrected chi connectivity index (χ4v) is 7.55. The summed E-state index contributed by atoms with van der Waals surface area (Å²) in [4.78, 5) is 111. The lowest BCUT2D eigenvalue weighted by atomic mass is 10.0. The monoisotopic (exact) mass is 754 g/mol. The summed E-state index contributed by atoms with van der Waals surface area (Å²) < 4.78 is 5.23. The van der Waals surface area contributed by atoms with Crippen LogP contribution < -0.4 is 27.1 Å². The van der Waals surface area contributed by atoms with Crippen LogP contribution >= 0.6 is 35.1 Å². The van der Waals surface area contributed by atoms with Gasteiger partial charge in [-0.2, -0.15) is 14.3 Å². The van der Waals surface area contributed by atoms with Crippen LogP contribution in [-0.2, 0) is 40.7 Å². The number of nitrogens with zero attached hydrogens (tertiary/aromatic N) is 6. The molecule has 24 heteroatoms. The number of hydrogen-bond acceptors (Lipinski definition) is 16. The number of aliphatic carboxylic acids is 2. The van der Waals surface area contributed by atoms with E-state index >= 15 is 0 Å². The lowest BCUT2D eigenvalue weighted by Crippen LogP contribution is -2.71. The van der Waals surface area contributed by atoms with Gasteiger partial charge in [-0.25, -0.2) is 9.59 Å². The molecule has 2 aliphatic heterocycles. The highest BCUT2D eigenvalue weighted by atomic mass is 32.2. The van der Waals surface area contributed by atoms with E-state index in [1.54, 1.807) is 13.8 Å². The smallest absolute Gasteiger partial charge is 0.352 e. The third-order valence-electron chi connectivity index (χ3n) is 6.97. The predicted octanol–water partition coefficient (Wildman–Crippen LogP) is -1.85. The van der Waals surface area contributed by atoms with E-state index in [0.29, 0.717) is 17.1 Å². The zero-order chi connectivity index (χ0) is 36.9. The molecular weight excluding hydrogens is 725 g/mol. The van der Waals surface area contributed by atoms with Crippen molar-refractivity contribution in [2.45, 2.75) is 49.3 Å². The zero-order valence-corrected chi connectivity index (χ0v) is 29.1. The molecule has 1 fully saturated rings. The Balaban J connectivity index is 1.38. The fraction of sp³-hybridized carbons (Fsp3) is 0.462. The molecule has 0 aromatic carbocycles. The number of nitrogens with one attached hydrogen (secondary N) is 4. The maximum Gasteiger partial charge on any atom is 0.352 e. The second-order valence-electron chi connectivity index (χ2n) is 10.8. The first-order chi connectivity index (χ1) is 23.6. The molecule has 21 nitrogen and oxygen atoms in total. The molecule has 4 heterocycles. The molecule has 50 heavy (non-hydrogen) atoms. The van der Waals surface area contributed by atoms with Gasteiger partial charge in [0.05, 0.1) is 0 Å². The van der Waals surface area contributed by atoms with Crippen molar-refractivity contribution >= 4 is 81.5 Å². The van der Waals surface area contributed by atoms with E-state index < -0.39 is 69.9 Å². The molecule has 1 saturated heterocycles. The number of β-lactam (4-membered cyclic amide) rings is 1. The molecule has 3 atom stereocenters. The summed E-state index contributed by atoms with van der Waals surface area (Å²) in [6.45, 7) is 3.25. The van der Waals surface area contributed by atoms with Crippen molar-refractivity contribution in [3.05, 3.63) is 37.8 Å². The lowest BCUT2D eigenvalue weighted by molar-refractivity contribution is -0.150. The summed E-state index contributed by atoms with van der Waals surface area (Å²) in [6, 6.07) is -2.26. The molecule has 0 bridgehead atoms. The van der Waals surface area contributed by atoms with E-state index in [1.807, 2.05) is 0 Å². The first-order valence-corrected chi connectivity index (χ1v) is 17.2. The van der Waals surface area contributed by atoms with Crippen molar-refractivity contribution in [1.29, 1.82) is 0 Å². The topological polar surface area (TPSA) is 297 Å². The van der Waals surface area contributed by atoms with Crippen LogP contribution in [0.2, 0.25) is 0 Å². The molecule has 4 rings (SSSR count). The standard InChI is InChI=1S/C26H30N10O11S3/c1-9(2)13(23(43)44)27-11(37)5-6-12(38)28-25-30-17(34-50-25)14(33-47-4)18(39)29-15-21(42)36-16(24(45)46)10(7-48-22(15)36)8-49-26-31-19(40)20(41)32-35(26)3/h9,13,15,22H,5-8H2,1-4H3,(H,27,37)(H,29,39)(H,32,41)(H,43,44)(H,45,46)(H,28,30,34,38)/t13-,15+,22+/m0/s1. The van der Waals surface area contributed by atoms with Crippen LogP contribution in [0.1, 0.15) is 32.5 Å². The number of carboxylic acids is 2. The van der Waals surface area contributed by atoms with Crippen LogP contribution in [0.25, 0.3) is 0 Å². The highest BCUT2D eigenvalue weighted by Gasteiger charge is 2.54. The normalized spacial score (nSPS) is 17.8. The highest BCUT2D eigenvalue weighted by Crippen LogP contribution is 2.41. The maximum atomic E-state index is 13.2. The van der Waals surface area contributed by atoms with E-state index in [2.05, 4.69) is 40.5 Å². The number of fused-ring (bicyclic) bond motifs is 1. The van der Waals surface area contributed by atoms with E-state index in [0.717, 1.165) is 23.8 Å². The van der Waals surface area contributed by atoms with Crippen molar-refractivity contribution in [2.75, 3.05) is 23.9 Å². The average molecular weight is 755 g/mol. The molecule has 2 aromatic heterocycles. The molecule has 0 radical (unpaired) electrons. The number of thioether (sulfide) groups is 2. The average Bonchev–Trinajstić information content (AvgIpc) is 3.51. The Morgan fingerprint density at radius 1 is 1.12 bits per heavy atom. The third kappa shape index (κ3) is 8.54. The van der Waals surface area contributed by atoms with Crippen LogP contribution in [-0.4, -0.2) is 117 Å². The number of carbonyl (C=O) groups is 6. The minimum atomic E-state index is -1.38. The van der Waals surface area contributed by atoms with Gasteiger partial charge >= 0.3 is 23.1 Å². The van der Waals surface area contributed by atoms with Gasteiger partial charge in [0.2, 0.25) is 28.5 Å². The molecule has 0 saturated carbocycles. The second-order valence-corrected chi connectivity index (χ2v) is 13.6. The van der Waals surface area contributed by atoms with Crippen LogP contribution in [0.15, 0.2) is 31.2 Å². The Morgan fingerprint density at radius 3 is 2.46 bits per heavy atom. The zero-order valence-electron chi connectivity index (χ0n) is 26.6. The van der Waals surface area contributed by atoms with Crippen LogP contribution in [0, 0.1) is 5.92 Å². The number of amides is 4. The molecule has 0 spiro atoms. The summed E-state index contributed by atoms with van der Waals surface area (Å²) in [5.41, 5.74) is -2.30. The van der Waals surface area contributed by atoms with Gasteiger partial charge in [0.25, 0.3) is 11.8 Å². The summed E-state index contributed by atoms with van der Waals surface area (Å²) >= 11 is 2.87. The van der Waals surface area contributed by atoms with Gasteiger partial charge in [-0.3, -0.25) is 43.4 Å². The number of H-pyrrole nitrogens is 1. The fourth-order valence-electron chi connectivity index (χ4n) is 4.56. The maximum absolute atomic E-state index is 13.2. The number of carboxylic acid groups (broad SMARTS) is 2. The van der Waals surface area contributed by atoms with Crippen molar-refractivity contribution < 1.29 is 43.8 Å². The molecule has 6 N–H and O–H groups in total. The highest BCUT2D eigenvalue weighted by molar-refractivity contribution is 8.01. The molecule has 0 unspecified atom stereocenters. The number of anilines is 1. The number of oxime groups is 1. The Bertz CT molecular complexity index is 1900. The number of aromatic amines is 1. The Hall–Kier alpha value is -5.10. The summed E-state index contributed by atoms with van der Waals surface area (Å²) in [5, 5.41) is 31.7. The SMILES string of the molecule is CON=C(C(=O)N[C@@H]1C(=O)N2C(C(=O)O)=C(CSc3nc(=O)c(=O)[nH]n3C)CS[C@H]12)c1nsc(NC(=O)CCC(=O)N[C@H](C(=O)O)C(C)C)n1. The summed E-state index contributed by atoms with van der Waals surface area (Å²) in [7, 11) is 2.61. The Labute approximate surface area is 293 Å². The number of carbonyl (C=O) groups excluding carboxylic acids is 4. The van der Waals surface area contributed by atoms with Gasteiger partial charge < -0.3 is 31.0 Å². The van der Waals surface area contributed by atoms with Gasteiger partial charge in [0.15, 0.2) is 5.16 Å². The second kappa shape index (κ2) is 16.1. The van der Waals surface area contributed by atoms with Gasteiger partial charge in [-0.15, -0.1) is 11.8 Å². The minimum Gasteiger partial charge on any atom is -0.480 e. The van der Waals surface area contributed by atoms with E-state index in [4.69, 9.17) is 4.84 Å². The number of hydrogen-bond donors (Lipinski definition) is 6. The van der Waals surface area contributed by atoms with Gasteiger partial charge in [0, 0.05) is 42.9 Å². The van der Waals surface area contributed by atoms with Crippen molar-refractivity contribution in [3.8, 4) is 0 Å². The first kappa shape index (κ1) is 37.7.